The van der Waals surface area contributed by atoms with E-state index in [1.807, 2.05) is 43.3 Å². The van der Waals surface area contributed by atoms with Crippen molar-refractivity contribution < 1.29 is 19.1 Å². The van der Waals surface area contributed by atoms with E-state index in [2.05, 4.69) is 10.3 Å². The van der Waals surface area contributed by atoms with Crippen LogP contribution in [0.3, 0.4) is 0 Å². The number of rotatable bonds is 7. The molecule has 0 bridgehead atoms. The number of nitrogens with one attached hydrogen (secondary N) is 1. The van der Waals surface area contributed by atoms with Gasteiger partial charge in [-0.3, -0.25) is 19.9 Å². The summed E-state index contributed by atoms with van der Waals surface area (Å²) in [5.41, 5.74) is 1.77. The smallest absolute Gasteiger partial charge is 0.290 e. The minimum absolute atomic E-state index is 0.343. The summed E-state index contributed by atoms with van der Waals surface area (Å²) >= 11 is 0.903. The Morgan fingerprint density at radius 3 is 2.46 bits per heavy atom. The van der Waals surface area contributed by atoms with Crippen LogP contribution < -0.4 is 14.8 Å². The zero-order valence-electron chi connectivity index (χ0n) is 14.2. The summed E-state index contributed by atoms with van der Waals surface area (Å²) in [5.74, 6) is 1.14. The largest absolute Gasteiger partial charge is 0.493 e. The van der Waals surface area contributed by atoms with Crippen LogP contribution in [-0.2, 0) is 11.2 Å². The fourth-order valence-corrected chi connectivity index (χ4v) is 3.00. The van der Waals surface area contributed by atoms with E-state index in [-0.39, 0.29) is 11.1 Å². The second-order valence-corrected chi connectivity index (χ2v) is 6.45. The molecule has 2 heterocycles. The Hall–Kier alpha value is -2.80. The van der Waals surface area contributed by atoms with Gasteiger partial charge in [0, 0.05) is 12.1 Å². The number of aromatic nitrogens is 1. The maximum atomic E-state index is 11.5. The number of hydrogen-bond acceptors (Lipinski definition) is 6. The molecule has 6 nitrogen and oxygen atoms in total. The van der Waals surface area contributed by atoms with Gasteiger partial charge in [0.25, 0.3) is 11.1 Å². The van der Waals surface area contributed by atoms with Crippen LogP contribution in [0.25, 0.3) is 6.08 Å². The molecule has 1 fully saturated rings. The topological polar surface area (TPSA) is 77.5 Å². The quantitative estimate of drug-likeness (QED) is 0.753. The summed E-state index contributed by atoms with van der Waals surface area (Å²) in [7, 11) is 0. The minimum atomic E-state index is -0.358. The normalized spacial score (nSPS) is 15.2. The van der Waals surface area contributed by atoms with Crippen LogP contribution >= 0.6 is 11.8 Å². The Morgan fingerprint density at radius 1 is 1.08 bits per heavy atom. The van der Waals surface area contributed by atoms with Crippen molar-refractivity contribution in [2.45, 2.75) is 13.3 Å². The van der Waals surface area contributed by atoms with Gasteiger partial charge < -0.3 is 9.47 Å². The predicted octanol–water partition coefficient (Wildman–Crippen LogP) is 3.43. The van der Waals surface area contributed by atoms with Crippen LogP contribution in [0.4, 0.5) is 4.79 Å². The third kappa shape index (κ3) is 4.86. The first-order valence-corrected chi connectivity index (χ1v) is 9.01. The van der Waals surface area contributed by atoms with Crippen molar-refractivity contribution in [3.05, 3.63) is 58.8 Å². The Labute approximate surface area is 155 Å². The van der Waals surface area contributed by atoms with Crippen molar-refractivity contribution in [2.75, 3.05) is 13.2 Å². The highest BCUT2D eigenvalue weighted by atomic mass is 32.2. The van der Waals surface area contributed by atoms with Gasteiger partial charge in [-0.25, -0.2) is 0 Å². The fraction of sp³-hybridized carbons (Fsp3) is 0.211. The first-order chi connectivity index (χ1) is 12.6. The van der Waals surface area contributed by atoms with Crippen molar-refractivity contribution in [2.24, 2.45) is 0 Å². The van der Waals surface area contributed by atoms with Gasteiger partial charge in [0.1, 0.15) is 11.5 Å². The average molecular weight is 370 g/mol. The molecule has 2 amide bonds. The molecule has 1 aliphatic heterocycles. The molecule has 0 unspecified atom stereocenters. The molecule has 1 aliphatic rings. The van der Waals surface area contributed by atoms with Gasteiger partial charge in [0.05, 0.1) is 24.3 Å². The summed E-state index contributed by atoms with van der Waals surface area (Å²) in [5, 5.41) is 1.89. The molecule has 7 heteroatoms. The third-order valence-corrected chi connectivity index (χ3v) is 4.37. The first kappa shape index (κ1) is 18.0. The highest BCUT2D eigenvalue weighted by molar-refractivity contribution is 8.18. The number of benzene rings is 1. The van der Waals surface area contributed by atoms with Gasteiger partial charge in [-0.1, -0.05) is 12.1 Å². The summed E-state index contributed by atoms with van der Waals surface area (Å²) in [6.07, 6.45) is 4.08. The number of carbonyl (C=O) groups is 2. The second kappa shape index (κ2) is 8.53. The highest BCUT2D eigenvalue weighted by Crippen LogP contribution is 2.26. The number of thioether (sulfide) groups is 1. The van der Waals surface area contributed by atoms with E-state index in [0.29, 0.717) is 24.5 Å². The number of pyridine rings is 1. The third-order valence-electron chi connectivity index (χ3n) is 3.56. The van der Waals surface area contributed by atoms with Crippen LogP contribution in [-0.4, -0.2) is 29.3 Å². The lowest BCUT2D eigenvalue weighted by Gasteiger charge is -2.07. The molecular formula is C19H18N2O4S. The van der Waals surface area contributed by atoms with E-state index in [4.69, 9.17) is 9.47 Å². The Balaban J connectivity index is 1.51. The minimum Gasteiger partial charge on any atom is -0.493 e. The summed E-state index contributed by atoms with van der Waals surface area (Å²) in [6.45, 7) is 3.06. The van der Waals surface area contributed by atoms with Crippen LogP contribution in [0.1, 0.15) is 18.2 Å². The Kier molecular flexibility index (Phi) is 5.91. The number of hydrogen-bond donors (Lipinski definition) is 1. The number of ether oxygens (including phenoxy) is 2. The van der Waals surface area contributed by atoms with Crippen molar-refractivity contribution in [1.29, 1.82) is 0 Å². The number of carbonyl (C=O) groups excluding carboxylic acids is 2. The molecule has 1 N–H and O–H groups in total. The molecule has 0 saturated carbocycles. The van der Waals surface area contributed by atoms with Crippen LogP contribution in [0.5, 0.6) is 11.5 Å². The molecule has 0 radical (unpaired) electrons. The number of amides is 2. The zero-order chi connectivity index (χ0) is 18.4. The van der Waals surface area contributed by atoms with E-state index in [1.165, 1.54) is 0 Å². The van der Waals surface area contributed by atoms with Gasteiger partial charge >= 0.3 is 0 Å². The zero-order valence-corrected chi connectivity index (χ0v) is 15.0. The lowest BCUT2D eigenvalue weighted by atomic mass is 10.2. The maximum absolute atomic E-state index is 11.5. The molecule has 1 aromatic heterocycles. The SMILES string of the molecule is CCOc1ccc(CCOc2ccc(C=C3SC(=O)NC3=O)cc2)nc1. The molecule has 2 aromatic rings. The van der Waals surface area contributed by atoms with E-state index in [0.717, 1.165) is 34.5 Å². The maximum Gasteiger partial charge on any atom is 0.290 e. The number of nitrogens with zero attached hydrogens (tertiary/aromatic N) is 1. The second-order valence-electron chi connectivity index (χ2n) is 5.44. The van der Waals surface area contributed by atoms with Crippen LogP contribution in [0, 0.1) is 0 Å². The van der Waals surface area contributed by atoms with E-state index in [9.17, 15) is 9.59 Å². The summed E-state index contributed by atoms with van der Waals surface area (Å²) in [4.78, 5) is 27.4. The number of imide groups is 1. The van der Waals surface area contributed by atoms with Gasteiger partial charge in [-0.05, 0) is 54.6 Å². The molecule has 0 spiro atoms. The Morgan fingerprint density at radius 2 is 1.85 bits per heavy atom. The van der Waals surface area contributed by atoms with Gasteiger partial charge in [0.15, 0.2) is 0 Å². The van der Waals surface area contributed by atoms with Crippen molar-refractivity contribution >= 4 is 29.0 Å². The average Bonchev–Trinajstić information content (AvgIpc) is 2.95. The van der Waals surface area contributed by atoms with E-state index in [1.54, 1.807) is 12.3 Å². The van der Waals surface area contributed by atoms with Gasteiger partial charge in [0.2, 0.25) is 0 Å². The molecule has 1 saturated heterocycles. The molecular weight excluding hydrogens is 352 g/mol. The first-order valence-electron chi connectivity index (χ1n) is 8.19. The highest BCUT2D eigenvalue weighted by Gasteiger charge is 2.24. The fourth-order valence-electron chi connectivity index (χ4n) is 2.32. The standard InChI is InChI=1S/C19H18N2O4S/c1-2-24-16-8-5-14(20-12-16)9-10-25-15-6-3-13(4-7-15)11-17-18(22)21-19(23)26-17/h3-8,11-12H,2,9-10H2,1H3,(H,21,22,23). The molecule has 3 rings (SSSR count). The van der Waals surface area contributed by atoms with Crippen molar-refractivity contribution in [1.82, 2.24) is 10.3 Å². The van der Waals surface area contributed by atoms with Crippen molar-refractivity contribution in [3.8, 4) is 11.5 Å². The summed E-state index contributed by atoms with van der Waals surface area (Å²) in [6, 6.07) is 11.2. The van der Waals surface area contributed by atoms with Crippen LogP contribution in [0.2, 0.25) is 0 Å². The molecule has 26 heavy (non-hydrogen) atoms. The van der Waals surface area contributed by atoms with Gasteiger partial charge in [-0.2, -0.15) is 0 Å². The molecule has 1 aromatic carbocycles. The van der Waals surface area contributed by atoms with Gasteiger partial charge in [-0.15, -0.1) is 0 Å². The van der Waals surface area contributed by atoms with Crippen LogP contribution in [0.15, 0.2) is 47.5 Å². The lowest BCUT2D eigenvalue weighted by molar-refractivity contribution is -0.115. The van der Waals surface area contributed by atoms with E-state index >= 15 is 0 Å². The lowest BCUT2D eigenvalue weighted by Crippen LogP contribution is -2.17. The Bertz CT molecular complexity index is 816. The predicted molar refractivity (Wildman–Crippen MR) is 100 cm³/mol. The molecule has 134 valence electrons. The molecule has 0 aliphatic carbocycles. The monoisotopic (exact) mass is 370 g/mol. The summed E-state index contributed by atoms with van der Waals surface area (Å²) < 4.78 is 11.1. The molecule has 0 atom stereocenters. The van der Waals surface area contributed by atoms with Crippen molar-refractivity contribution in [3.63, 3.8) is 0 Å². The van der Waals surface area contributed by atoms with E-state index < -0.39 is 0 Å².